The number of hydrogen-bond acceptors (Lipinski definition) is 3. The van der Waals surface area contributed by atoms with Crippen molar-refractivity contribution in [2.24, 2.45) is 11.8 Å². The van der Waals surface area contributed by atoms with Crippen LogP contribution in [0.5, 0.6) is 0 Å². The van der Waals surface area contributed by atoms with Gasteiger partial charge in [-0.25, -0.2) is 0 Å². The molecule has 22 heavy (non-hydrogen) atoms. The van der Waals surface area contributed by atoms with Crippen molar-refractivity contribution in [3.63, 3.8) is 0 Å². The summed E-state index contributed by atoms with van der Waals surface area (Å²) in [6, 6.07) is 4.09. The standard InChI is InChI=1S/C17H23N3O2/c1-19-12-15(10-16(19)21)17(22)20-7-4-13(5-8-20)9-14-3-2-6-18-11-14/h2-3,6,11,13,15H,4-5,7-10,12H2,1H3/t15-/m1/s1. The van der Waals surface area contributed by atoms with Gasteiger partial charge >= 0.3 is 0 Å². The van der Waals surface area contributed by atoms with E-state index in [1.165, 1.54) is 5.56 Å². The number of aromatic nitrogens is 1. The van der Waals surface area contributed by atoms with Crippen LogP contribution in [0.4, 0.5) is 0 Å². The van der Waals surface area contributed by atoms with E-state index in [0.29, 0.717) is 18.9 Å². The number of carbonyl (C=O) groups excluding carboxylic acids is 2. The van der Waals surface area contributed by atoms with Crippen molar-refractivity contribution in [2.75, 3.05) is 26.7 Å². The minimum atomic E-state index is -0.132. The number of carbonyl (C=O) groups is 2. The third kappa shape index (κ3) is 3.29. The van der Waals surface area contributed by atoms with Gasteiger partial charge in [0.2, 0.25) is 11.8 Å². The summed E-state index contributed by atoms with van der Waals surface area (Å²) in [6.45, 7) is 2.21. The van der Waals surface area contributed by atoms with Gasteiger partial charge in [0, 0.05) is 45.5 Å². The quantitative estimate of drug-likeness (QED) is 0.846. The molecule has 1 aromatic rings. The van der Waals surface area contributed by atoms with E-state index in [2.05, 4.69) is 11.1 Å². The molecule has 0 aliphatic carbocycles. The van der Waals surface area contributed by atoms with Crippen molar-refractivity contribution in [3.05, 3.63) is 30.1 Å². The summed E-state index contributed by atoms with van der Waals surface area (Å²) in [5.41, 5.74) is 1.27. The van der Waals surface area contributed by atoms with Crippen LogP contribution in [0.3, 0.4) is 0 Å². The van der Waals surface area contributed by atoms with E-state index in [0.717, 1.165) is 32.4 Å². The fourth-order valence-corrected chi connectivity index (χ4v) is 3.50. The highest BCUT2D eigenvalue weighted by Gasteiger charge is 2.35. The molecule has 0 aromatic carbocycles. The minimum Gasteiger partial charge on any atom is -0.345 e. The second-order valence-corrected chi connectivity index (χ2v) is 6.51. The van der Waals surface area contributed by atoms with Crippen LogP contribution in [0, 0.1) is 11.8 Å². The predicted molar refractivity (Wildman–Crippen MR) is 83.0 cm³/mol. The van der Waals surface area contributed by atoms with Crippen molar-refractivity contribution in [2.45, 2.75) is 25.7 Å². The third-order valence-corrected chi connectivity index (χ3v) is 4.86. The van der Waals surface area contributed by atoms with Gasteiger partial charge in [0.25, 0.3) is 0 Å². The van der Waals surface area contributed by atoms with Crippen LogP contribution in [0.15, 0.2) is 24.5 Å². The minimum absolute atomic E-state index is 0.0878. The Hall–Kier alpha value is -1.91. The Morgan fingerprint density at radius 1 is 1.36 bits per heavy atom. The molecule has 3 rings (SSSR count). The lowest BCUT2D eigenvalue weighted by molar-refractivity contribution is -0.137. The van der Waals surface area contributed by atoms with Crippen LogP contribution < -0.4 is 0 Å². The Kier molecular flexibility index (Phi) is 4.41. The summed E-state index contributed by atoms with van der Waals surface area (Å²) in [5, 5.41) is 0. The molecule has 1 atom stereocenters. The van der Waals surface area contributed by atoms with Crippen LogP contribution in [-0.2, 0) is 16.0 Å². The lowest BCUT2D eigenvalue weighted by Crippen LogP contribution is -2.42. The normalized spacial score (nSPS) is 23.1. The first-order valence-corrected chi connectivity index (χ1v) is 8.05. The van der Waals surface area contributed by atoms with Crippen molar-refractivity contribution >= 4 is 11.8 Å². The molecule has 1 aromatic heterocycles. The molecule has 2 aliphatic rings. The first kappa shape index (κ1) is 15.0. The second kappa shape index (κ2) is 6.46. The smallest absolute Gasteiger partial charge is 0.227 e. The van der Waals surface area contributed by atoms with Crippen LogP contribution in [-0.4, -0.2) is 53.3 Å². The number of likely N-dealkylation sites (tertiary alicyclic amines) is 2. The highest BCUT2D eigenvalue weighted by molar-refractivity contribution is 5.89. The number of pyridine rings is 1. The number of nitrogens with zero attached hydrogens (tertiary/aromatic N) is 3. The first-order chi connectivity index (χ1) is 10.6. The van der Waals surface area contributed by atoms with E-state index in [-0.39, 0.29) is 17.7 Å². The number of hydrogen-bond donors (Lipinski definition) is 0. The van der Waals surface area contributed by atoms with Gasteiger partial charge in [0.1, 0.15) is 0 Å². The molecule has 0 N–H and O–H groups in total. The summed E-state index contributed by atoms with van der Waals surface area (Å²) in [7, 11) is 1.77. The lowest BCUT2D eigenvalue weighted by atomic mass is 9.90. The lowest BCUT2D eigenvalue weighted by Gasteiger charge is -2.33. The summed E-state index contributed by atoms with van der Waals surface area (Å²) in [6.07, 6.45) is 7.22. The van der Waals surface area contributed by atoms with Crippen LogP contribution in [0.1, 0.15) is 24.8 Å². The number of amides is 2. The average Bonchev–Trinajstić information content (AvgIpc) is 2.88. The SMILES string of the molecule is CN1C[C@H](C(=O)N2CCC(Cc3cccnc3)CC2)CC1=O. The highest BCUT2D eigenvalue weighted by atomic mass is 16.2. The third-order valence-electron chi connectivity index (χ3n) is 4.86. The fraction of sp³-hybridized carbons (Fsp3) is 0.588. The molecule has 5 nitrogen and oxygen atoms in total. The molecular formula is C17H23N3O2. The summed E-state index contributed by atoms with van der Waals surface area (Å²) >= 11 is 0. The maximum atomic E-state index is 12.5. The Labute approximate surface area is 131 Å². The summed E-state index contributed by atoms with van der Waals surface area (Å²) < 4.78 is 0. The van der Waals surface area contributed by atoms with Crippen molar-refractivity contribution < 1.29 is 9.59 Å². The second-order valence-electron chi connectivity index (χ2n) is 6.51. The molecule has 0 saturated carbocycles. The molecule has 2 fully saturated rings. The Balaban J connectivity index is 1.49. The predicted octanol–water partition coefficient (Wildman–Crippen LogP) is 1.34. The van der Waals surface area contributed by atoms with Gasteiger partial charge in [-0.3, -0.25) is 14.6 Å². The van der Waals surface area contributed by atoms with Gasteiger partial charge in [-0.2, -0.15) is 0 Å². The molecular weight excluding hydrogens is 278 g/mol. The largest absolute Gasteiger partial charge is 0.345 e. The first-order valence-electron chi connectivity index (χ1n) is 8.05. The van der Waals surface area contributed by atoms with Gasteiger partial charge in [-0.1, -0.05) is 6.07 Å². The average molecular weight is 301 g/mol. The molecule has 3 heterocycles. The van der Waals surface area contributed by atoms with E-state index in [1.807, 2.05) is 17.2 Å². The maximum Gasteiger partial charge on any atom is 0.227 e. The van der Waals surface area contributed by atoms with E-state index in [1.54, 1.807) is 18.1 Å². The highest BCUT2D eigenvalue weighted by Crippen LogP contribution is 2.25. The zero-order valence-corrected chi connectivity index (χ0v) is 13.1. The zero-order chi connectivity index (χ0) is 15.5. The van der Waals surface area contributed by atoms with Crippen LogP contribution >= 0.6 is 0 Å². The van der Waals surface area contributed by atoms with Crippen molar-refractivity contribution in [1.82, 2.24) is 14.8 Å². The van der Waals surface area contributed by atoms with E-state index >= 15 is 0 Å². The summed E-state index contributed by atoms with van der Waals surface area (Å²) in [4.78, 5) is 31.8. The van der Waals surface area contributed by atoms with E-state index in [4.69, 9.17) is 0 Å². The van der Waals surface area contributed by atoms with Gasteiger partial charge in [-0.15, -0.1) is 0 Å². The number of rotatable bonds is 3. The Morgan fingerprint density at radius 3 is 2.73 bits per heavy atom. The van der Waals surface area contributed by atoms with E-state index < -0.39 is 0 Å². The van der Waals surface area contributed by atoms with Crippen LogP contribution in [0.2, 0.25) is 0 Å². The Morgan fingerprint density at radius 2 is 2.14 bits per heavy atom. The molecule has 2 aliphatic heterocycles. The molecule has 0 spiro atoms. The van der Waals surface area contributed by atoms with Gasteiger partial charge in [0.15, 0.2) is 0 Å². The molecule has 2 amide bonds. The monoisotopic (exact) mass is 301 g/mol. The number of piperidine rings is 1. The van der Waals surface area contributed by atoms with Gasteiger partial charge in [0.05, 0.1) is 5.92 Å². The maximum absolute atomic E-state index is 12.5. The zero-order valence-electron chi connectivity index (χ0n) is 13.1. The van der Waals surface area contributed by atoms with Crippen LogP contribution in [0.25, 0.3) is 0 Å². The van der Waals surface area contributed by atoms with Crippen molar-refractivity contribution in [1.29, 1.82) is 0 Å². The molecule has 0 bridgehead atoms. The molecule has 0 unspecified atom stereocenters. The molecule has 2 saturated heterocycles. The van der Waals surface area contributed by atoms with Crippen molar-refractivity contribution in [3.8, 4) is 0 Å². The topological polar surface area (TPSA) is 53.5 Å². The molecule has 0 radical (unpaired) electrons. The molecule has 118 valence electrons. The molecule has 5 heteroatoms. The Bertz CT molecular complexity index is 538. The van der Waals surface area contributed by atoms with Gasteiger partial charge < -0.3 is 9.80 Å². The summed E-state index contributed by atoms with van der Waals surface area (Å²) in [5.74, 6) is 0.746. The van der Waals surface area contributed by atoms with E-state index in [9.17, 15) is 9.59 Å². The fourth-order valence-electron chi connectivity index (χ4n) is 3.50. The van der Waals surface area contributed by atoms with Gasteiger partial charge in [-0.05, 0) is 36.8 Å².